The molecule has 4 aromatic carbocycles. The molecule has 0 heterocycles. The number of aryl methyl sites for hydroxylation is 2. The number of nitro groups is 2. The summed E-state index contributed by atoms with van der Waals surface area (Å²) in [7, 11) is -2.06. The number of amides is 1. The van der Waals surface area contributed by atoms with Crippen LogP contribution >= 0.6 is 23.2 Å². The van der Waals surface area contributed by atoms with Gasteiger partial charge in [-0.1, -0.05) is 36.7 Å². The third-order valence-corrected chi connectivity index (χ3v) is 11.3. The Kier molecular flexibility index (Phi) is 19.8. The molecule has 0 spiro atoms. The zero-order valence-corrected chi connectivity index (χ0v) is 38.8. The molecule has 4 aromatic rings. The summed E-state index contributed by atoms with van der Waals surface area (Å²) in [5, 5.41) is 21.8. The van der Waals surface area contributed by atoms with Crippen molar-refractivity contribution in [2.45, 2.75) is 70.5 Å². The fraction of sp³-hybridized carbons (Fsp3) is 0.364. The molecule has 66 heavy (non-hydrogen) atoms. The first-order valence-corrected chi connectivity index (χ1v) is 22.7. The number of methoxy groups -OCH3 is 1. The van der Waals surface area contributed by atoms with E-state index in [-0.39, 0.29) is 70.1 Å². The Morgan fingerprint density at radius 3 is 2.08 bits per heavy atom. The average Bonchev–Trinajstić information content (AvgIpc) is 3.24. The van der Waals surface area contributed by atoms with Gasteiger partial charge in [0.15, 0.2) is 27.2 Å². The van der Waals surface area contributed by atoms with Gasteiger partial charge in [0.2, 0.25) is 11.7 Å². The van der Waals surface area contributed by atoms with Crippen molar-refractivity contribution >= 4 is 73.4 Å². The normalized spacial score (nSPS) is 13.3. The van der Waals surface area contributed by atoms with E-state index in [9.17, 15) is 61.0 Å². The molecule has 1 fully saturated rings. The van der Waals surface area contributed by atoms with E-state index >= 15 is 0 Å². The van der Waals surface area contributed by atoms with Crippen LogP contribution in [0.25, 0.3) is 0 Å². The molecule has 1 aliphatic carbocycles. The third-order valence-electron chi connectivity index (χ3n) is 9.70. The minimum atomic E-state index is -4.52. The molecular formula is C44H46Cl2F3N3O13S. The van der Waals surface area contributed by atoms with E-state index in [4.69, 9.17) is 37.4 Å². The van der Waals surface area contributed by atoms with Crippen LogP contribution in [0.2, 0.25) is 5.02 Å². The van der Waals surface area contributed by atoms with Gasteiger partial charge in [0, 0.05) is 44.4 Å². The van der Waals surface area contributed by atoms with Gasteiger partial charge in [-0.2, -0.15) is 13.2 Å². The van der Waals surface area contributed by atoms with Crippen LogP contribution in [-0.2, 0) is 41.6 Å². The minimum absolute atomic E-state index is 0.0111. The molecule has 0 saturated heterocycles. The monoisotopic (exact) mass is 983 g/mol. The predicted octanol–water partition coefficient (Wildman–Crippen LogP) is 9.74. The fourth-order valence-electron chi connectivity index (χ4n) is 6.64. The number of carbonyl (C=O) groups excluding carboxylic acids is 4. The van der Waals surface area contributed by atoms with E-state index in [0.717, 1.165) is 65.9 Å². The lowest BCUT2D eigenvalue weighted by Crippen LogP contribution is -2.43. The third kappa shape index (κ3) is 14.3. The molecule has 22 heteroatoms. The maximum absolute atomic E-state index is 12.6. The number of halogens is 5. The molecular weight excluding hydrogens is 938 g/mol. The van der Waals surface area contributed by atoms with Crippen molar-refractivity contribution in [1.82, 2.24) is 0 Å². The van der Waals surface area contributed by atoms with E-state index in [1.165, 1.54) is 18.2 Å². The molecule has 356 valence electrons. The number of para-hydroxylation sites is 1. The van der Waals surface area contributed by atoms with Crippen molar-refractivity contribution in [3.63, 3.8) is 0 Å². The van der Waals surface area contributed by atoms with Crippen LogP contribution in [0.3, 0.4) is 0 Å². The minimum Gasteiger partial charge on any atom is -0.487 e. The SMILES string of the molecule is CCOc1cc(Oc2ccc(C(F)(F)F)cc2Cl)ccc1[N+](=O)[O-].CCc1cccc(C)c1N(C(=O)CCl)C(C)COC.CS(=O)(=O)c1ccc(C(=O)C2C(=O)CCCC2=O)c([N+](=O)[O-])c1. The molecule has 1 atom stereocenters. The van der Waals surface area contributed by atoms with Crippen LogP contribution < -0.4 is 14.4 Å². The highest BCUT2D eigenvalue weighted by atomic mass is 35.5. The molecule has 0 radical (unpaired) electrons. The number of ketones is 3. The summed E-state index contributed by atoms with van der Waals surface area (Å²) in [5.74, 6) is -3.60. The van der Waals surface area contributed by atoms with Crippen molar-refractivity contribution in [3.05, 3.63) is 120 Å². The summed E-state index contributed by atoms with van der Waals surface area (Å²) in [6.07, 6.45) is -2.27. The summed E-state index contributed by atoms with van der Waals surface area (Å²) in [5.41, 5.74) is 0.892. The lowest BCUT2D eigenvalue weighted by Gasteiger charge is -2.31. The average molecular weight is 985 g/mol. The molecule has 5 rings (SSSR count). The Morgan fingerprint density at radius 1 is 0.924 bits per heavy atom. The van der Waals surface area contributed by atoms with Crippen molar-refractivity contribution in [2.24, 2.45) is 5.92 Å². The van der Waals surface area contributed by atoms with Crippen LogP contribution in [-0.4, -0.2) is 80.0 Å². The second-order valence-corrected chi connectivity index (χ2v) is 17.2. The van der Waals surface area contributed by atoms with E-state index in [2.05, 4.69) is 13.0 Å². The topological polar surface area (TPSA) is 220 Å². The highest BCUT2D eigenvalue weighted by Crippen LogP contribution is 2.39. The van der Waals surface area contributed by atoms with Gasteiger partial charge in [0.25, 0.3) is 5.69 Å². The molecule has 0 bridgehead atoms. The Hall–Kier alpha value is -5.96. The van der Waals surface area contributed by atoms with Crippen molar-refractivity contribution in [2.75, 3.05) is 37.4 Å². The van der Waals surface area contributed by atoms with Gasteiger partial charge >= 0.3 is 11.9 Å². The van der Waals surface area contributed by atoms with Gasteiger partial charge in [-0.15, -0.1) is 11.6 Å². The van der Waals surface area contributed by atoms with Gasteiger partial charge in [-0.25, -0.2) is 8.42 Å². The maximum Gasteiger partial charge on any atom is 0.416 e. The molecule has 1 amide bonds. The van der Waals surface area contributed by atoms with Gasteiger partial charge in [-0.3, -0.25) is 39.4 Å². The first-order chi connectivity index (χ1) is 30.9. The number of carbonyl (C=O) groups is 4. The van der Waals surface area contributed by atoms with Crippen LogP contribution in [0, 0.1) is 33.1 Å². The number of hydrogen-bond donors (Lipinski definition) is 0. The van der Waals surface area contributed by atoms with E-state index in [0.29, 0.717) is 13.0 Å². The highest BCUT2D eigenvalue weighted by Gasteiger charge is 2.39. The zero-order valence-electron chi connectivity index (χ0n) is 36.5. The molecule has 0 N–H and O–H groups in total. The number of Topliss-reactive ketones (excluding diaryl/α,β-unsaturated/α-hetero) is 3. The Bertz CT molecular complexity index is 2560. The number of alkyl halides is 4. The number of nitro benzene ring substituents is 2. The number of sulfone groups is 1. The molecule has 16 nitrogen and oxygen atoms in total. The second kappa shape index (κ2) is 24.0. The highest BCUT2D eigenvalue weighted by molar-refractivity contribution is 7.90. The van der Waals surface area contributed by atoms with Crippen molar-refractivity contribution in [3.8, 4) is 17.2 Å². The molecule has 1 saturated carbocycles. The van der Waals surface area contributed by atoms with E-state index in [1.807, 2.05) is 26.0 Å². The lowest BCUT2D eigenvalue weighted by atomic mass is 9.81. The van der Waals surface area contributed by atoms with Crippen LogP contribution in [0.15, 0.2) is 77.7 Å². The Morgan fingerprint density at radius 2 is 1.56 bits per heavy atom. The zero-order chi connectivity index (χ0) is 49.7. The summed E-state index contributed by atoms with van der Waals surface area (Å²) in [4.78, 5) is 70.2. The molecule has 0 aromatic heterocycles. The Balaban J connectivity index is 0.000000265. The maximum atomic E-state index is 12.6. The molecule has 1 unspecified atom stereocenters. The number of benzene rings is 4. The molecule has 1 aliphatic rings. The van der Waals surface area contributed by atoms with Gasteiger partial charge < -0.3 is 19.1 Å². The standard InChI is InChI=1S/C15H11ClF3NO4.C15H22ClNO2.C14H13NO7S/c1-2-23-14-8-10(4-5-12(14)20(21)22)24-13-6-3-9(7-11(13)16)15(17,18)19;1-5-13-8-6-7-11(2)15(13)17(14(18)9-16)12(3)10-19-4;1-23(21,22)8-5-6-9(10(7-8)15(19)20)14(18)13-11(16)3-2-4-12(13)17/h3-8H,2H2,1H3;6-8,12H,5,9-10H2,1-4H3;5-7,13H,2-4H2,1H3. The summed E-state index contributed by atoms with van der Waals surface area (Å²) >= 11 is 11.6. The van der Waals surface area contributed by atoms with Gasteiger partial charge in [0.1, 0.15) is 23.3 Å². The van der Waals surface area contributed by atoms with Crippen LogP contribution in [0.5, 0.6) is 17.2 Å². The number of ether oxygens (including phenoxy) is 3. The first-order valence-electron chi connectivity index (χ1n) is 19.9. The number of rotatable bonds is 15. The fourth-order valence-corrected chi connectivity index (χ4v) is 7.63. The smallest absolute Gasteiger partial charge is 0.416 e. The number of nitrogens with zero attached hydrogens (tertiary/aromatic N) is 3. The largest absolute Gasteiger partial charge is 0.487 e. The summed E-state index contributed by atoms with van der Waals surface area (Å²) < 4.78 is 76.5. The summed E-state index contributed by atoms with van der Waals surface area (Å²) in [6, 6.07) is 15.2. The lowest BCUT2D eigenvalue weighted by molar-refractivity contribution is -0.385. The van der Waals surface area contributed by atoms with E-state index < -0.39 is 65.9 Å². The number of anilines is 1. The van der Waals surface area contributed by atoms with Gasteiger partial charge in [0.05, 0.1) is 55.8 Å². The Labute approximate surface area is 388 Å². The first kappa shape index (κ1) is 54.4. The number of hydrogen-bond acceptors (Lipinski definition) is 13. The predicted molar refractivity (Wildman–Crippen MR) is 239 cm³/mol. The summed E-state index contributed by atoms with van der Waals surface area (Å²) in [6.45, 7) is 8.42. The second-order valence-electron chi connectivity index (χ2n) is 14.5. The van der Waals surface area contributed by atoms with Crippen LogP contribution in [0.1, 0.15) is 67.1 Å². The van der Waals surface area contributed by atoms with Crippen LogP contribution in [0.4, 0.5) is 30.2 Å². The van der Waals surface area contributed by atoms with E-state index in [1.54, 1.807) is 18.9 Å². The van der Waals surface area contributed by atoms with Crippen molar-refractivity contribution in [1.29, 1.82) is 0 Å². The quantitative estimate of drug-likeness (QED) is 0.0356. The molecule has 0 aliphatic heterocycles. The van der Waals surface area contributed by atoms with Gasteiger partial charge in [-0.05, 0) is 81.1 Å². The van der Waals surface area contributed by atoms with Crippen molar-refractivity contribution < 1.29 is 64.8 Å².